The topological polar surface area (TPSA) is 89.8 Å². The molecule has 0 saturated heterocycles. The molecule has 0 bridgehead atoms. The second-order valence-corrected chi connectivity index (χ2v) is 7.13. The SMILES string of the molecule is COc1ccc(NC(=O)/C(C#N)=C/c2ccc(OCCC(C)C)c(OC)c2)cc1OC. The number of methoxy groups -OCH3 is 3. The third kappa shape index (κ3) is 6.68. The Balaban J connectivity index is 2.18. The molecule has 0 aliphatic carbocycles. The van der Waals surface area contributed by atoms with Gasteiger partial charge in [0.2, 0.25) is 0 Å². The molecule has 1 amide bonds. The van der Waals surface area contributed by atoms with E-state index >= 15 is 0 Å². The Morgan fingerprint density at radius 2 is 1.65 bits per heavy atom. The molecule has 0 heterocycles. The van der Waals surface area contributed by atoms with Gasteiger partial charge in [-0.15, -0.1) is 0 Å². The molecule has 31 heavy (non-hydrogen) atoms. The van der Waals surface area contributed by atoms with Gasteiger partial charge in [-0.3, -0.25) is 4.79 Å². The predicted octanol–water partition coefficient (Wildman–Crippen LogP) is 4.68. The van der Waals surface area contributed by atoms with Crippen molar-refractivity contribution in [3.8, 4) is 29.1 Å². The number of amides is 1. The molecule has 0 saturated carbocycles. The molecule has 0 atom stereocenters. The summed E-state index contributed by atoms with van der Waals surface area (Å²) in [5.74, 6) is 2.17. The van der Waals surface area contributed by atoms with E-state index in [0.29, 0.717) is 46.8 Å². The number of carbonyl (C=O) groups excluding carboxylic acids is 1. The molecule has 0 aromatic heterocycles. The molecule has 0 unspecified atom stereocenters. The van der Waals surface area contributed by atoms with E-state index in [-0.39, 0.29) is 5.57 Å². The van der Waals surface area contributed by atoms with Crippen LogP contribution in [0.3, 0.4) is 0 Å². The van der Waals surface area contributed by atoms with Gasteiger partial charge < -0.3 is 24.3 Å². The second kappa shape index (κ2) is 11.5. The summed E-state index contributed by atoms with van der Waals surface area (Å²) in [6, 6.07) is 12.2. The Morgan fingerprint density at radius 1 is 1.00 bits per heavy atom. The van der Waals surface area contributed by atoms with Crippen LogP contribution in [-0.4, -0.2) is 33.8 Å². The molecular formula is C24H28N2O5. The van der Waals surface area contributed by atoms with Gasteiger partial charge in [0.25, 0.3) is 5.91 Å². The van der Waals surface area contributed by atoms with Gasteiger partial charge in [-0.2, -0.15) is 5.26 Å². The quantitative estimate of drug-likeness (QED) is 0.440. The summed E-state index contributed by atoms with van der Waals surface area (Å²) >= 11 is 0. The van der Waals surface area contributed by atoms with Crippen molar-refractivity contribution in [3.63, 3.8) is 0 Å². The standard InChI is InChI=1S/C24H28N2O5/c1-16(2)10-11-31-21-8-6-17(13-22(21)29-4)12-18(15-25)24(27)26-19-7-9-20(28-3)23(14-19)30-5/h6-9,12-14,16H,10-11H2,1-5H3,(H,26,27)/b18-12+. The highest BCUT2D eigenvalue weighted by Gasteiger charge is 2.13. The van der Waals surface area contributed by atoms with E-state index < -0.39 is 5.91 Å². The van der Waals surface area contributed by atoms with Crippen LogP contribution in [-0.2, 0) is 4.79 Å². The van der Waals surface area contributed by atoms with Gasteiger partial charge in [0.05, 0.1) is 27.9 Å². The molecule has 164 valence electrons. The Bertz CT molecular complexity index is 976. The lowest BCUT2D eigenvalue weighted by Crippen LogP contribution is -2.13. The summed E-state index contributed by atoms with van der Waals surface area (Å²) in [6.07, 6.45) is 2.43. The fraction of sp³-hybridized carbons (Fsp3) is 0.333. The number of nitrogens with one attached hydrogen (secondary N) is 1. The Morgan fingerprint density at radius 3 is 2.26 bits per heavy atom. The molecule has 2 aromatic rings. The highest BCUT2D eigenvalue weighted by molar-refractivity contribution is 6.09. The lowest BCUT2D eigenvalue weighted by atomic mass is 10.1. The zero-order chi connectivity index (χ0) is 22.8. The van der Waals surface area contributed by atoms with Gasteiger partial charge in [0.1, 0.15) is 11.6 Å². The predicted molar refractivity (Wildman–Crippen MR) is 120 cm³/mol. The minimum Gasteiger partial charge on any atom is -0.493 e. The number of anilines is 1. The normalized spacial score (nSPS) is 10.9. The molecule has 2 aromatic carbocycles. The molecule has 0 aliphatic heterocycles. The fourth-order valence-electron chi connectivity index (χ4n) is 2.73. The highest BCUT2D eigenvalue weighted by atomic mass is 16.5. The highest BCUT2D eigenvalue weighted by Crippen LogP contribution is 2.31. The molecular weight excluding hydrogens is 396 g/mol. The lowest BCUT2D eigenvalue weighted by molar-refractivity contribution is -0.112. The molecule has 7 heteroatoms. The van der Waals surface area contributed by atoms with Gasteiger partial charge in [0.15, 0.2) is 23.0 Å². The van der Waals surface area contributed by atoms with Crippen LogP contribution in [0.5, 0.6) is 23.0 Å². The third-order valence-corrected chi connectivity index (χ3v) is 4.46. The minimum atomic E-state index is -0.536. The molecule has 0 spiro atoms. The largest absolute Gasteiger partial charge is 0.493 e. The van der Waals surface area contributed by atoms with Crippen LogP contribution >= 0.6 is 0 Å². The van der Waals surface area contributed by atoms with Gasteiger partial charge in [0, 0.05) is 11.8 Å². The Labute approximate surface area is 183 Å². The Hall–Kier alpha value is -3.66. The molecule has 1 N–H and O–H groups in total. The average molecular weight is 424 g/mol. The molecule has 0 fully saturated rings. The molecule has 0 aliphatic rings. The summed E-state index contributed by atoms with van der Waals surface area (Å²) in [6.45, 7) is 4.84. The summed E-state index contributed by atoms with van der Waals surface area (Å²) in [5, 5.41) is 12.2. The number of benzene rings is 2. The van der Waals surface area contributed by atoms with Crippen molar-refractivity contribution in [1.29, 1.82) is 5.26 Å². The van der Waals surface area contributed by atoms with E-state index in [2.05, 4.69) is 19.2 Å². The Kier molecular flexibility index (Phi) is 8.77. The summed E-state index contributed by atoms with van der Waals surface area (Å²) in [5.41, 5.74) is 1.08. The van der Waals surface area contributed by atoms with Crippen LogP contribution in [0.1, 0.15) is 25.8 Å². The number of hydrogen-bond donors (Lipinski definition) is 1. The van der Waals surface area contributed by atoms with Crippen molar-refractivity contribution in [2.75, 3.05) is 33.3 Å². The summed E-state index contributed by atoms with van der Waals surface area (Å²) in [4.78, 5) is 12.6. The van der Waals surface area contributed by atoms with Crippen LogP contribution < -0.4 is 24.3 Å². The van der Waals surface area contributed by atoms with E-state index in [0.717, 1.165) is 6.42 Å². The van der Waals surface area contributed by atoms with Crippen LogP contribution in [0.15, 0.2) is 42.0 Å². The second-order valence-electron chi connectivity index (χ2n) is 7.13. The lowest BCUT2D eigenvalue weighted by Gasteiger charge is -2.12. The number of nitriles is 1. The first kappa shape index (κ1) is 23.6. The fourth-order valence-corrected chi connectivity index (χ4v) is 2.73. The van der Waals surface area contributed by atoms with Gasteiger partial charge in [-0.05, 0) is 48.2 Å². The van der Waals surface area contributed by atoms with Crippen LogP contribution in [0, 0.1) is 17.2 Å². The molecule has 7 nitrogen and oxygen atoms in total. The summed E-state index contributed by atoms with van der Waals surface area (Å²) in [7, 11) is 4.59. The van der Waals surface area contributed by atoms with Crippen molar-refractivity contribution < 1.29 is 23.7 Å². The van der Waals surface area contributed by atoms with Crippen molar-refractivity contribution >= 4 is 17.7 Å². The van der Waals surface area contributed by atoms with Crippen molar-refractivity contribution in [2.24, 2.45) is 5.92 Å². The van der Waals surface area contributed by atoms with Crippen molar-refractivity contribution in [2.45, 2.75) is 20.3 Å². The van der Waals surface area contributed by atoms with Gasteiger partial charge >= 0.3 is 0 Å². The number of hydrogen-bond acceptors (Lipinski definition) is 6. The number of ether oxygens (including phenoxy) is 4. The number of rotatable bonds is 10. The van der Waals surface area contributed by atoms with E-state index in [1.54, 1.807) is 43.5 Å². The van der Waals surface area contributed by atoms with E-state index in [9.17, 15) is 10.1 Å². The minimum absolute atomic E-state index is 0.0506. The van der Waals surface area contributed by atoms with E-state index in [4.69, 9.17) is 18.9 Å². The van der Waals surface area contributed by atoms with Gasteiger partial charge in [-0.25, -0.2) is 0 Å². The smallest absolute Gasteiger partial charge is 0.266 e. The van der Waals surface area contributed by atoms with E-state index in [1.165, 1.54) is 20.3 Å². The first-order valence-electron chi connectivity index (χ1n) is 9.87. The van der Waals surface area contributed by atoms with Crippen LogP contribution in [0.2, 0.25) is 0 Å². The maximum atomic E-state index is 12.6. The van der Waals surface area contributed by atoms with Crippen molar-refractivity contribution in [1.82, 2.24) is 0 Å². The first-order valence-corrected chi connectivity index (χ1v) is 9.87. The van der Waals surface area contributed by atoms with E-state index in [1.807, 2.05) is 6.07 Å². The summed E-state index contributed by atoms with van der Waals surface area (Å²) < 4.78 is 21.6. The third-order valence-electron chi connectivity index (χ3n) is 4.46. The number of carbonyl (C=O) groups is 1. The van der Waals surface area contributed by atoms with Gasteiger partial charge in [-0.1, -0.05) is 19.9 Å². The van der Waals surface area contributed by atoms with Crippen LogP contribution in [0.4, 0.5) is 5.69 Å². The van der Waals surface area contributed by atoms with Crippen LogP contribution in [0.25, 0.3) is 6.08 Å². The number of nitrogens with zero attached hydrogens (tertiary/aromatic N) is 1. The molecule has 2 rings (SSSR count). The zero-order valence-electron chi connectivity index (χ0n) is 18.5. The maximum absolute atomic E-state index is 12.6. The zero-order valence-corrected chi connectivity index (χ0v) is 18.5. The molecule has 0 radical (unpaired) electrons. The van der Waals surface area contributed by atoms with Crippen molar-refractivity contribution in [3.05, 3.63) is 47.5 Å². The average Bonchev–Trinajstić information content (AvgIpc) is 2.77. The maximum Gasteiger partial charge on any atom is 0.266 e. The first-order chi connectivity index (χ1) is 14.9. The monoisotopic (exact) mass is 424 g/mol.